The van der Waals surface area contributed by atoms with Gasteiger partial charge in [-0.05, 0) is 75.1 Å². The zero-order valence-electron chi connectivity index (χ0n) is 27.3. The number of ether oxygens (including phenoxy) is 3. The lowest BCUT2D eigenvalue weighted by Gasteiger charge is -2.43. The van der Waals surface area contributed by atoms with Crippen LogP contribution in [0.5, 0.6) is 11.8 Å². The number of pyridine rings is 2. The van der Waals surface area contributed by atoms with E-state index in [-0.39, 0.29) is 12.1 Å². The first-order valence-corrected chi connectivity index (χ1v) is 16.0. The largest absolute Gasteiger partial charge is 0.473 e. The van der Waals surface area contributed by atoms with E-state index in [0.29, 0.717) is 44.4 Å². The lowest BCUT2D eigenvalue weighted by Crippen LogP contribution is -2.51. The molecule has 0 bridgehead atoms. The second kappa shape index (κ2) is 13.4. The van der Waals surface area contributed by atoms with Gasteiger partial charge in [0.1, 0.15) is 18.8 Å². The van der Waals surface area contributed by atoms with Crippen molar-refractivity contribution in [3.63, 3.8) is 0 Å². The Labute approximate surface area is 276 Å². The van der Waals surface area contributed by atoms with Crippen LogP contribution in [-0.4, -0.2) is 44.3 Å². The summed E-state index contributed by atoms with van der Waals surface area (Å²) in [6, 6.07) is 31.4. The molecule has 3 aromatic carbocycles. The van der Waals surface area contributed by atoms with E-state index in [1.807, 2.05) is 131 Å². The molecule has 242 valence electrons. The van der Waals surface area contributed by atoms with Crippen LogP contribution < -0.4 is 9.47 Å². The van der Waals surface area contributed by atoms with Crippen molar-refractivity contribution in [2.45, 2.75) is 71.0 Å². The standard InChI is InChI=1S/C39H41N3O5/c1-27-23-39(44,19-20-42(27)37(43)47-38(2,3)4)32-15-17-34-30(22-32)21-31(24-40-34)33-16-18-35(45-25-28-11-7-5-8-12-28)41-36(33)46-26-29-13-9-6-10-14-29/h5-18,21-22,24,27,44H,19-20,23,25-26H2,1-4H3. The number of fused-ring (bicyclic) bond motifs is 1. The summed E-state index contributed by atoms with van der Waals surface area (Å²) < 4.78 is 17.9. The molecule has 5 aromatic rings. The number of hydrogen-bond donors (Lipinski definition) is 1. The number of hydrogen-bond acceptors (Lipinski definition) is 7. The Balaban J connectivity index is 1.27. The van der Waals surface area contributed by atoms with Gasteiger partial charge in [-0.2, -0.15) is 4.98 Å². The lowest BCUT2D eigenvalue weighted by atomic mass is 9.81. The maximum atomic E-state index is 12.8. The molecule has 6 rings (SSSR count). The third-order valence-corrected chi connectivity index (χ3v) is 8.37. The molecule has 1 aliphatic rings. The second-order valence-corrected chi connectivity index (χ2v) is 13.2. The Morgan fingerprint density at radius 1 is 0.915 bits per heavy atom. The van der Waals surface area contributed by atoms with Gasteiger partial charge in [-0.3, -0.25) is 4.98 Å². The number of piperidine rings is 1. The highest BCUT2D eigenvalue weighted by atomic mass is 16.6. The maximum Gasteiger partial charge on any atom is 0.410 e. The fourth-order valence-electron chi connectivity index (χ4n) is 5.94. The number of amides is 1. The molecule has 2 atom stereocenters. The number of likely N-dealkylation sites (tertiary alicyclic amines) is 1. The highest BCUT2D eigenvalue weighted by Gasteiger charge is 2.40. The van der Waals surface area contributed by atoms with Crippen LogP contribution in [0.2, 0.25) is 0 Å². The average molecular weight is 632 g/mol. The van der Waals surface area contributed by atoms with E-state index in [1.54, 1.807) is 4.90 Å². The normalized spacial score (nSPS) is 18.1. The minimum atomic E-state index is -1.09. The first-order chi connectivity index (χ1) is 22.6. The molecule has 1 N–H and O–H groups in total. The predicted octanol–water partition coefficient (Wildman–Crippen LogP) is 8.06. The number of carbonyl (C=O) groups excluding carboxylic acids is 1. The van der Waals surface area contributed by atoms with Crippen molar-refractivity contribution >= 4 is 17.0 Å². The second-order valence-electron chi connectivity index (χ2n) is 13.2. The predicted molar refractivity (Wildman–Crippen MR) is 182 cm³/mol. The number of benzene rings is 3. The van der Waals surface area contributed by atoms with Crippen LogP contribution in [0, 0.1) is 0 Å². The Hall–Kier alpha value is -4.95. The van der Waals surface area contributed by atoms with Gasteiger partial charge in [0.25, 0.3) is 0 Å². The number of nitrogens with zero attached hydrogens (tertiary/aromatic N) is 3. The van der Waals surface area contributed by atoms with Crippen molar-refractivity contribution < 1.29 is 24.1 Å². The van der Waals surface area contributed by atoms with Crippen LogP contribution in [0.15, 0.2) is 103 Å². The topological polar surface area (TPSA) is 94.0 Å². The molecule has 47 heavy (non-hydrogen) atoms. The zero-order chi connectivity index (χ0) is 33.0. The highest BCUT2D eigenvalue weighted by Crippen LogP contribution is 2.38. The van der Waals surface area contributed by atoms with E-state index >= 15 is 0 Å². The fraction of sp³-hybridized carbons (Fsp3) is 0.308. The third kappa shape index (κ3) is 7.72. The number of aromatic nitrogens is 2. The van der Waals surface area contributed by atoms with E-state index in [0.717, 1.165) is 38.7 Å². The lowest BCUT2D eigenvalue weighted by molar-refractivity contribution is -0.0545. The van der Waals surface area contributed by atoms with Crippen LogP contribution in [-0.2, 0) is 23.6 Å². The van der Waals surface area contributed by atoms with Gasteiger partial charge >= 0.3 is 6.09 Å². The van der Waals surface area contributed by atoms with E-state index in [2.05, 4.69) is 0 Å². The molecular weight excluding hydrogens is 590 g/mol. The third-order valence-electron chi connectivity index (χ3n) is 8.37. The van der Waals surface area contributed by atoms with Crippen LogP contribution in [0.3, 0.4) is 0 Å². The van der Waals surface area contributed by atoms with Crippen molar-refractivity contribution in [3.05, 3.63) is 120 Å². The van der Waals surface area contributed by atoms with Gasteiger partial charge in [-0.25, -0.2) is 4.79 Å². The van der Waals surface area contributed by atoms with Crippen molar-refractivity contribution in [3.8, 4) is 22.9 Å². The van der Waals surface area contributed by atoms with E-state index in [9.17, 15) is 9.90 Å². The molecular formula is C39H41N3O5. The Morgan fingerprint density at radius 3 is 2.26 bits per heavy atom. The molecule has 3 heterocycles. The molecule has 2 aromatic heterocycles. The fourth-order valence-corrected chi connectivity index (χ4v) is 5.94. The maximum absolute atomic E-state index is 12.8. The SMILES string of the molecule is CC1CC(O)(c2ccc3ncc(-c4ccc(OCc5ccccc5)nc4OCc4ccccc4)cc3c2)CCN1C(=O)OC(C)(C)C. The minimum absolute atomic E-state index is 0.193. The molecule has 1 saturated heterocycles. The molecule has 1 fully saturated rings. The molecule has 2 unspecified atom stereocenters. The summed E-state index contributed by atoms with van der Waals surface area (Å²) in [6.45, 7) is 8.66. The molecule has 0 saturated carbocycles. The van der Waals surface area contributed by atoms with Crippen LogP contribution in [0.4, 0.5) is 4.79 Å². The zero-order valence-corrected chi connectivity index (χ0v) is 27.3. The van der Waals surface area contributed by atoms with Crippen LogP contribution in [0.25, 0.3) is 22.0 Å². The molecule has 0 aliphatic carbocycles. The highest BCUT2D eigenvalue weighted by molar-refractivity contribution is 5.85. The van der Waals surface area contributed by atoms with E-state index in [1.165, 1.54) is 0 Å². The van der Waals surface area contributed by atoms with E-state index in [4.69, 9.17) is 24.2 Å². The summed E-state index contributed by atoms with van der Waals surface area (Å²) in [7, 11) is 0. The molecule has 8 heteroatoms. The van der Waals surface area contributed by atoms with Gasteiger partial charge in [0, 0.05) is 47.8 Å². The van der Waals surface area contributed by atoms with Gasteiger partial charge in [0.2, 0.25) is 11.8 Å². The van der Waals surface area contributed by atoms with Gasteiger partial charge < -0.3 is 24.2 Å². The van der Waals surface area contributed by atoms with Crippen molar-refractivity contribution in [1.29, 1.82) is 0 Å². The average Bonchev–Trinajstić information content (AvgIpc) is 3.06. The number of aliphatic hydroxyl groups is 1. The molecule has 1 aliphatic heterocycles. The Bertz CT molecular complexity index is 1840. The molecule has 1 amide bonds. The number of carbonyl (C=O) groups is 1. The van der Waals surface area contributed by atoms with Gasteiger partial charge in [-0.1, -0.05) is 66.7 Å². The van der Waals surface area contributed by atoms with Crippen molar-refractivity contribution in [2.75, 3.05) is 6.54 Å². The molecule has 0 spiro atoms. The van der Waals surface area contributed by atoms with Crippen LogP contribution in [0.1, 0.15) is 57.2 Å². The smallest absolute Gasteiger partial charge is 0.410 e. The summed E-state index contributed by atoms with van der Waals surface area (Å²) >= 11 is 0. The molecule has 0 radical (unpaired) electrons. The number of rotatable bonds is 8. The van der Waals surface area contributed by atoms with Crippen molar-refractivity contribution in [1.82, 2.24) is 14.9 Å². The Morgan fingerprint density at radius 2 is 1.60 bits per heavy atom. The minimum Gasteiger partial charge on any atom is -0.473 e. The molecule has 8 nitrogen and oxygen atoms in total. The monoisotopic (exact) mass is 631 g/mol. The summed E-state index contributed by atoms with van der Waals surface area (Å²) in [5.41, 5.74) is 3.62. The quantitative estimate of drug-likeness (QED) is 0.185. The summed E-state index contributed by atoms with van der Waals surface area (Å²) in [4.78, 5) is 24.0. The Kier molecular flexibility index (Phi) is 9.14. The van der Waals surface area contributed by atoms with E-state index < -0.39 is 11.2 Å². The first kappa shape index (κ1) is 32.0. The summed E-state index contributed by atoms with van der Waals surface area (Å²) in [5, 5.41) is 12.7. The van der Waals surface area contributed by atoms with Crippen molar-refractivity contribution in [2.24, 2.45) is 0 Å². The van der Waals surface area contributed by atoms with Gasteiger partial charge in [-0.15, -0.1) is 0 Å². The van der Waals surface area contributed by atoms with Crippen LogP contribution >= 0.6 is 0 Å². The van der Waals surface area contributed by atoms with Gasteiger partial charge in [0.05, 0.1) is 11.1 Å². The summed E-state index contributed by atoms with van der Waals surface area (Å²) in [6.07, 6.45) is 2.27. The first-order valence-electron chi connectivity index (χ1n) is 16.0. The summed E-state index contributed by atoms with van der Waals surface area (Å²) in [5.74, 6) is 0.907. The van der Waals surface area contributed by atoms with Gasteiger partial charge in [0.15, 0.2) is 0 Å².